The molecule has 2 rings (SSSR count). The Labute approximate surface area is 116 Å². The van der Waals surface area contributed by atoms with E-state index >= 15 is 0 Å². The molecule has 0 spiro atoms. The van der Waals surface area contributed by atoms with E-state index in [2.05, 4.69) is 9.88 Å². The minimum absolute atomic E-state index is 0.0738. The molecule has 1 heterocycles. The number of aromatic nitrogens is 1. The summed E-state index contributed by atoms with van der Waals surface area (Å²) in [7, 11) is -5.88. The van der Waals surface area contributed by atoms with E-state index in [0.29, 0.717) is 11.3 Å². The molecule has 0 radical (unpaired) electrons. The first-order valence-corrected chi connectivity index (χ1v) is 7.22. The molecule has 7 nitrogen and oxygen atoms in total. The van der Waals surface area contributed by atoms with Gasteiger partial charge in [-0.05, 0) is 19.9 Å². The highest BCUT2D eigenvalue weighted by Crippen LogP contribution is 2.20. The summed E-state index contributed by atoms with van der Waals surface area (Å²) in [6, 6.07) is 5.60. The minimum atomic E-state index is -3.99. The molecule has 9 heteroatoms. The molecule has 0 amide bonds. The number of nitrogens with one attached hydrogen (secondary N) is 1. The SMILES string of the molecule is Cc1onc(NS(=O)(=O)c2ccccc2B(O)O)c1C. The molecule has 0 aliphatic rings. The average molecular weight is 296 g/mol. The van der Waals surface area contributed by atoms with Gasteiger partial charge in [-0.15, -0.1) is 0 Å². The van der Waals surface area contributed by atoms with E-state index in [4.69, 9.17) is 4.52 Å². The van der Waals surface area contributed by atoms with Gasteiger partial charge >= 0.3 is 7.12 Å². The predicted molar refractivity (Wildman–Crippen MR) is 73.1 cm³/mol. The van der Waals surface area contributed by atoms with Crippen LogP contribution in [0.2, 0.25) is 0 Å². The topological polar surface area (TPSA) is 113 Å². The molecule has 3 N–H and O–H groups in total. The van der Waals surface area contributed by atoms with Crippen LogP contribution in [0.15, 0.2) is 33.7 Å². The third kappa shape index (κ3) is 2.69. The van der Waals surface area contributed by atoms with Crippen LogP contribution in [-0.4, -0.2) is 30.7 Å². The molecule has 0 bridgehead atoms. The third-order valence-corrected chi connectivity index (χ3v) is 4.29. The number of aryl methyl sites for hydroxylation is 1. The van der Waals surface area contributed by atoms with Gasteiger partial charge in [-0.1, -0.05) is 23.4 Å². The fourth-order valence-electron chi connectivity index (χ4n) is 1.63. The van der Waals surface area contributed by atoms with E-state index in [1.807, 2.05) is 0 Å². The largest absolute Gasteiger partial charge is 0.489 e. The lowest BCUT2D eigenvalue weighted by Crippen LogP contribution is -2.35. The van der Waals surface area contributed by atoms with Crippen molar-refractivity contribution in [2.45, 2.75) is 18.7 Å². The molecule has 0 unspecified atom stereocenters. The maximum absolute atomic E-state index is 12.3. The molecule has 0 fully saturated rings. The molecule has 0 aliphatic carbocycles. The zero-order valence-corrected chi connectivity index (χ0v) is 11.7. The van der Waals surface area contributed by atoms with Crippen molar-refractivity contribution in [2.24, 2.45) is 0 Å². The van der Waals surface area contributed by atoms with Crippen LogP contribution in [0.25, 0.3) is 0 Å². The monoisotopic (exact) mass is 296 g/mol. The van der Waals surface area contributed by atoms with Gasteiger partial charge in [0.05, 0.1) is 4.90 Å². The summed E-state index contributed by atoms with van der Waals surface area (Å²) in [5.74, 6) is 0.572. The Morgan fingerprint density at radius 3 is 2.45 bits per heavy atom. The molecule has 0 saturated heterocycles. The first-order chi connectivity index (χ1) is 9.33. The van der Waals surface area contributed by atoms with Crippen LogP contribution in [-0.2, 0) is 10.0 Å². The van der Waals surface area contributed by atoms with E-state index in [0.717, 1.165) is 0 Å². The third-order valence-electron chi connectivity index (χ3n) is 2.87. The number of nitrogens with zero attached hydrogens (tertiary/aromatic N) is 1. The summed E-state index contributed by atoms with van der Waals surface area (Å²) in [5, 5.41) is 22.1. The second-order valence-electron chi connectivity index (χ2n) is 4.23. The van der Waals surface area contributed by atoms with Crippen molar-refractivity contribution in [3.8, 4) is 0 Å². The van der Waals surface area contributed by atoms with E-state index < -0.39 is 17.1 Å². The van der Waals surface area contributed by atoms with Gasteiger partial charge in [0.2, 0.25) is 0 Å². The van der Waals surface area contributed by atoms with E-state index in [-0.39, 0.29) is 16.2 Å². The lowest BCUT2D eigenvalue weighted by molar-refractivity contribution is 0.399. The van der Waals surface area contributed by atoms with Gasteiger partial charge in [-0.25, -0.2) is 8.42 Å². The second-order valence-corrected chi connectivity index (χ2v) is 5.88. The fourth-order valence-corrected chi connectivity index (χ4v) is 2.93. The van der Waals surface area contributed by atoms with E-state index in [9.17, 15) is 18.5 Å². The van der Waals surface area contributed by atoms with Crippen LogP contribution in [0.5, 0.6) is 0 Å². The number of sulfonamides is 1. The Kier molecular flexibility index (Phi) is 3.84. The Hall–Kier alpha value is -1.84. The zero-order valence-electron chi connectivity index (χ0n) is 10.9. The normalized spacial score (nSPS) is 11.4. The lowest BCUT2D eigenvalue weighted by Gasteiger charge is -2.10. The van der Waals surface area contributed by atoms with Crippen molar-refractivity contribution in [3.63, 3.8) is 0 Å². The molecule has 0 atom stereocenters. The summed E-state index contributed by atoms with van der Waals surface area (Å²) in [4.78, 5) is -0.227. The maximum Gasteiger partial charge on any atom is 0.489 e. The van der Waals surface area contributed by atoms with Gasteiger partial charge in [0.1, 0.15) is 5.76 Å². The molecule has 2 aromatic rings. The van der Waals surface area contributed by atoms with Crippen molar-refractivity contribution < 1.29 is 23.0 Å². The zero-order chi connectivity index (χ0) is 14.9. The molecule has 0 aliphatic heterocycles. The summed E-state index contributed by atoms with van der Waals surface area (Å²) in [6.45, 7) is 3.32. The standard InChI is InChI=1S/C11H13BN2O5S/c1-7-8(2)19-13-11(7)14-20(17,18)10-6-4-3-5-9(10)12(15)16/h3-6,15-16H,1-2H3,(H,13,14). The van der Waals surface area contributed by atoms with Crippen LogP contribution < -0.4 is 10.2 Å². The van der Waals surface area contributed by atoms with E-state index in [1.165, 1.54) is 24.3 Å². The second kappa shape index (κ2) is 5.27. The Balaban J connectivity index is 2.44. The van der Waals surface area contributed by atoms with Gasteiger partial charge < -0.3 is 14.6 Å². The lowest BCUT2D eigenvalue weighted by atomic mass is 9.80. The van der Waals surface area contributed by atoms with Gasteiger partial charge in [-0.3, -0.25) is 4.72 Å². The van der Waals surface area contributed by atoms with E-state index in [1.54, 1.807) is 13.8 Å². The van der Waals surface area contributed by atoms with Crippen molar-refractivity contribution in [3.05, 3.63) is 35.6 Å². The first kappa shape index (κ1) is 14.6. The van der Waals surface area contributed by atoms with Gasteiger partial charge in [0.15, 0.2) is 5.82 Å². The van der Waals surface area contributed by atoms with Crippen LogP contribution in [0.1, 0.15) is 11.3 Å². The highest BCUT2D eigenvalue weighted by Gasteiger charge is 2.26. The van der Waals surface area contributed by atoms with Gasteiger partial charge in [0.25, 0.3) is 10.0 Å². The maximum atomic E-state index is 12.3. The number of hydrogen-bond acceptors (Lipinski definition) is 6. The minimum Gasteiger partial charge on any atom is -0.423 e. The van der Waals surface area contributed by atoms with Gasteiger partial charge in [0, 0.05) is 11.0 Å². The molecular formula is C11H13BN2O5S. The van der Waals surface area contributed by atoms with Crippen LogP contribution >= 0.6 is 0 Å². The molecule has 0 saturated carbocycles. The van der Waals surface area contributed by atoms with Gasteiger partial charge in [-0.2, -0.15) is 0 Å². The Morgan fingerprint density at radius 1 is 1.25 bits per heavy atom. The predicted octanol–water partition coefficient (Wildman–Crippen LogP) is -0.228. The summed E-state index contributed by atoms with van der Waals surface area (Å²) < 4.78 is 31.7. The number of benzene rings is 1. The quantitative estimate of drug-likeness (QED) is 0.672. The average Bonchev–Trinajstić information content (AvgIpc) is 2.70. The Bertz CT molecular complexity index is 726. The number of hydrogen-bond donors (Lipinski definition) is 3. The van der Waals surface area contributed by atoms with Crippen LogP contribution in [0, 0.1) is 13.8 Å². The molecular weight excluding hydrogens is 283 g/mol. The van der Waals surface area contributed by atoms with Crippen molar-refractivity contribution in [2.75, 3.05) is 4.72 Å². The molecule has 1 aromatic carbocycles. The molecule has 1 aromatic heterocycles. The van der Waals surface area contributed by atoms with Crippen molar-refractivity contribution >= 4 is 28.4 Å². The summed E-state index contributed by atoms with van der Waals surface area (Å²) in [6.07, 6.45) is 0. The smallest absolute Gasteiger partial charge is 0.423 e. The first-order valence-electron chi connectivity index (χ1n) is 5.73. The summed E-state index contributed by atoms with van der Waals surface area (Å²) >= 11 is 0. The fraction of sp³-hybridized carbons (Fsp3) is 0.182. The molecule has 20 heavy (non-hydrogen) atoms. The van der Waals surface area contributed by atoms with Crippen LogP contribution in [0.3, 0.4) is 0 Å². The number of anilines is 1. The van der Waals surface area contributed by atoms with Crippen molar-refractivity contribution in [1.82, 2.24) is 5.16 Å². The summed E-state index contributed by atoms with van der Waals surface area (Å²) in [5.41, 5.74) is 0.452. The Morgan fingerprint density at radius 2 is 1.90 bits per heavy atom. The highest BCUT2D eigenvalue weighted by atomic mass is 32.2. The van der Waals surface area contributed by atoms with Crippen LogP contribution in [0.4, 0.5) is 5.82 Å². The van der Waals surface area contributed by atoms with Crippen molar-refractivity contribution in [1.29, 1.82) is 0 Å². The highest BCUT2D eigenvalue weighted by molar-refractivity contribution is 7.93. The molecule has 106 valence electrons. The number of rotatable bonds is 4.